The van der Waals surface area contributed by atoms with Crippen molar-refractivity contribution in [1.82, 2.24) is 0 Å². The fourth-order valence-electron chi connectivity index (χ4n) is 2.66. The minimum Gasteiger partial charge on any atom is -0.496 e. The molecule has 0 amide bonds. The zero-order chi connectivity index (χ0) is 18.6. The molecule has 0 N–H and O–H groups in total. The van der Waals surface area contributed by atoms with Gasteiger partial charge in [-0.2, -0.15) is 0 Å². The summed E-state index contributed by atoms with van der Waals surface area (Å²) in [5.41, 5.74) is 4.71. The Kier molecular flexibility index (Phi) is 5.86. The Bertz CT molecular complexity index is 819. The Balaban J connectivity index is 2.38. The van der Waals surface area contributed by atoms with Crippen LogP contribution in [0.4, 0.5) is 0 Å². The van der Waals surface area contributed by atoms with Crippen molar-refractivity contribution >= 4 is 11.9 Å². The Morgan fingerprint density at radius 3 is 1.92 bits per heavy atom. The number of carbonyl (C=O) groups excluding carboxylic acids is 1. The molecule has 0 heterocycles. The van der Waals surface area contributed by atoms with E-state index in [9.17, 15) is 4.79 Å². The highest BCUT2D eigenvalue weighted by Gasteiger charge is 2.12. The van der Waals surface area contributed by atoms with Crippen molar-refractivity contribution in [3.63, 3.8) is 0 Å². The van der Waals surface area contributed by atoms with Gasteiger partial charge in [0.1, 0.15) is 5.75 Å². The highest BCUT2D eigenvalue weighted by molar-refractivity contribution is 6.08. The fourth-order valence-corrected chi connectivity index (χ4v) is 2.66. The number of hydrogen-bond donors (Lipinski definition) is 0. The van der Waals surface area contributed by atoms with E-state index >= 15 is 0 Å². The molecular weight excluding hydrogens is 316 g/mol. The van der Waals surface area contributed by atoms with Crippen LogP contribution in [0.5, 0.6) is 17.2 Å². The zero-order valence-electron chi connectivity index (χ0n) is 15.6. The maximum atomic E-state index is 12.6. The molecule has 25 heavy (non-hydrogen) atoms. The van der Waals surface area contributed by atoms with Gasteiger partial charge in [-0.05, 0) is 61.7 Å². The van der Waals surface area contributed by atoms with Crippen LogP contribution in [0, 0.1) is 20.8 Å². The molecule has 0 aliphatic heterocycles. The van der Waals surface area contributed by atoms with Crippen molar-refractivity contribution in [2.24, 2.45) is 0 Å². The molecular formula is C21H24O4. The number of benzene rings is 2. The number of ether oxygens (including phenoxy) is 3. The van der Waals surface area contributed by atoms with Gasteiger partial charge in [0.05, 0.1) is 21.3 Å². The van der Waals surface area contributed by atoms with Crippen LogP contribution in [0.2, 0.25) is 0 Å². The first-order valence-electron chi connectivity index (χ1n) is 8.01. The number of rotatable bonds is 6. The van der Waals surface area contributed by atoms with E-state index in [1.165, 1.54) is 5.56 Å². The maximum Gasteiger partial charge on any atom is 0.186 e. The van der Waals surface area contributed by atoms with E-state index in [0.717, 1.165) is 16.7 Å². The van der Waals surface area contributed by atoms with Crippen molar-refractivity contribution in [2.45, 2.75) is 20.8 Å². The normalized spacial score (nSPS) is 10.8. The fraction of sp³-hybridized carbons (Fsp3) is 0.286. The molecule has 0 bridgehead atoms. The smallest absolute Gasteiger partial charge is 0.186 e. The van der Waals surface area contributed by atoms with Crippen LogP contribution in [0.15, 0.2) is 30.3 Å². The molecule has 2 rings (SSSR count). The molecule has 0 fully saturated rings. The minimum absolute atomic E-state index is 0.0440. The molecule has 0 saturated carbocycles. The van der Waals surface area contributed by atoms with Crippen molar-refractivity contribution < 1.29 is 19.0 Å². The van der Waals surface area contributed by atoms with Crippen LogP contribution in [-0.2, 0) is 0 Å². The minimum atomic E-state index is -0.0440. The summed E-state index contributed by atoms with van der Waals surface area (Å²) in [4.78, 5) is 12.6. The van der Waals surface area contributed by atoms with E-state index in [1.807, 2.05) is 32.9 Å². The topological polar surface area (TPSA) is 44.8 Å². The third-order valence-corrected chi connectivity index (χ3v) is 4.26. The van der Waals surface area contributed by atoms with Gasteiger partial charge in [0, 0.05) is 17.2 Å². The van der Waals surface area contributed by atoms with E-state index in [4.69, 9.17) is 14.2 Å². The van der Waals surface area contributed by atoms with Crippen LogP contribution in [0.3, 0.4) is 0 Å². The molecule has 0 aromatic heterocycles. The van der Waals surface area contributed by atoms with Gasteiger partial charge >= 0.3 is 0 Å². The molecule has 0 atom stereocenters. The molecule has 0 saturated heterocycles. The monoisotopic (exact) mass is 340 g/mol. The Morgan fingerprint density at radius 1 is 0.760 bits per heavy atom. The lowest BCUT2D eigenvalue weighted by molar-refractivity contribution is 0.104. The average molecular weight is 340 g/mol. The van der Waals surface area contributed by atoms with E-state index in [-0.39, 0.29) is 5.78 Å². The molecule has 2 aromatic carbocycles. The third-order valence-electron chi connectivity index (χ3n) is 4.26. The van der Waals surface area contributed by atoms with E-state index < -0.39 is 0 Å². The van der Waals surface area contributed by atoms with Gasteiger partial charge < -0.3 is 14.2 Å². The van der Waals surface area contributed by atoms with Gasteiger partial charge in [-0.25, -0.2) is 0 Å². The molecule has 2 aromatic rings. The van der Waals surface area contributed by atoms with Gasteiger partial charge in [0.2, 0.25) is 0 Å². The van der Waals surface area contributed by atoms with Gasteiger partial charge in [-0.1, -0.05) is 6.07 Å². The van der Waals surface area contributed by atoms with Crippen LogP contribution < -0.4 is 14.2 Å². The molecule has 0 aliphatic rings. The second-order valence-corrected chi connectivity index (χ2v) is 5.90. The highest BCUT2D eigenvalue weighted by Crippen LogP contribution is 2.35. The number of carbonyl (C=O) groups is 1. The predicted octanol–water partition coefficient (Wildman–Crippen LogP) is 4.53. The number of methoxy groups -OCH3 is 3. The summed E-state index contributed by atoms with van der Waals surface area (Å²) in [6, 6.07) is 7.50. The molecule has 0 spiro atoms. The lowest BCUT2D eigenvalue weighted by Gasteiger charge is -2.12. The molecule has 4 heteroatoms. The second kappa shape index (κ2) is 7.88. The van der Waals surface area contributed by atoms with Crippen LogP contribution >= 0.6 is 0 Å². The maximum absolute atomic E-state index is 12.6. The second-order valence-electron chi connectivity index (χ2n) is 5.90. The molecule has 132 valence electrons. The standard InChI is InChI=1S/C21H24O4/c1-13-9-15(3)17(10-14(13)2)18(22)8-7-16-11-20(24-5)21(25-6)12-19(16)23-4/h7-12H,1-6H3/b8-7+. The lowest BCUT2D eigenvalue weighted by Crippen LogP contribution is -2.00. The largest absolute Gasteiger partial charge is 0.496 e. The molecule has 4 nitrogen and oxygen atoms in total. The van der Waals surface area contributed by atoms with Crippen LogP contribution in [-0.4, -0.2) is 27.1 Å². The van der Waals surface area contributed by atoms with Crippen molar-refractivity contribution in [1.29, 1.82) is 0 Å². The summed E-state index contributed by atoms with van der Waals surface area (Å²) in [6.45, 7) is 6.00. The zero-order valence-corrected chi connectivity index (χ0v) is 15.6. The molecule has 0 aliphatic carbocycles. The summed E-state index contributed by atoms with van der Waals surface area (Å²) in [6.07, 6.45) is 3.29. The number of aryl methyl sites for hydroxylation is 3. The number of ketones is 1. The number of allylic oxidation sites excluding steroid dienone is 1. The van der Waals surface area contributed by atoms with Crippen molar-refractivity contribution in [3.05, 3.63) is 58.2 Å². The first-order chi connectivity index (χ1) is 11.9. The van der Waals surface area contributed by atoms with E-state index in [2.05, 4.69) is 0 Å². The Morgan fingerprint density at radius 2 is 1.32 bits per heavy atom. The highest BCUT2D eigenvalue weighted by atomic mass is 16.5. The van der Waals surface area contributed by atoms with E-state index in [1.54, 1.807) is 45.6 Å². The number of hydrogen-bond acceptors (Lipinski definition) is 4. The predicted molar refractivity (Wildman–Crippen MR) is 100 cm³/mol. The lowest BCUT2D eigenvalue weighted by atomic mass is 9.97. The first kappa shape index (κ1) is 18.6. The van der Waals surface area contributed by atoms with E-state index in [0.29, 0.717) is 22.8 Å². The SMILES string of the molecule is COc1cc(OC)c(OC)cc1/C=C/C(=O)c1cc(C)c(C)cc1C. The first-order valence-corrected chi connectivity index (χ1v) is 8.01. The Labute approximate surface area is 149 Å². The van der Waals surface area contributed by atoms with Gasteiger partial charge in [0.15, 0.2) is 17.3 Å². The van der Waals surface area contributed by atoms with Crippen molar-refractivity contribution in [2.75, 3.05) is 21.3 Å². The van der Waals surface area contributed by atoms with Gasteiger partial charge in [-0.15, -0.1) is 0 Å². The molecule has 0 radical (unpaired) electrons. The van der Waals surface area contributed by atoms with Crippen molar-refractivity contribution in [3.8, 4) is 17.2 Å². The summed E-state index contributed by atoms with van der Waals surface area (Å²) in [7, 11) is 4.72. The van der Waals surface area contributed by atoms with Crippen LogP contribution in [0.1, 0.15) is 32.6 Å². The quantitative estimate of drug-likeness (QED) is 0.572. The van der Waals surface area contributed by atoms with Gasteiger partial charge in [-0.3, -0.25) is 4.79 Å². The summed E-state index contributed by atoms with van der Waals surface area (Å²) in [5, 5.41) is 0. The Hall–Kier alpha value is -2.75. The van der Waals surface area contributed by atoms with Crippen LogP contribution in [0.25, 0.3) is 6.08 Å². The summed E-state index contributed by atoms with van der Waals surface area (Å²) < 4.78 is 16.0. The summed E-state index contributed by atoms with van der Waals surface area (Å²) >= 11 is 0. The average Bonchev–Trinajstić information content (AvgIpc) is 2.61. The third kappa shape index (κ3) is 4.02. The summed E-state index contributed by atoms with van der Waals surface area (Å²) in [5.74, 6) is 1.72. The van der Waals surface area contributed by atoms with Gasteiger partial charge in [0.25, 0.3) is 0 Å². The molecule has 0 unspecified atom stereocenters.